The van der Waals surface area contributed by atoms with Crippen LogP contribution in [-0.2, 0) is 10.7 Å². The van der Waals surface area contributed by atoms with Crippen molar-refractivity contribution in [2.45, 2.75) is 31.6 Å². The highest BCUT2D eigenvalue weighted by Gasteiger charge is 2.31. The van der Waals surface area contributed by atoms with Crippen molar-refractivity contribution in [1.29, 1.82) is 0 Å². The summed E-state index contributed by atoms with van der Waals surface area (Å²) in [6.45, 7) is 0.438. The van der Waals surface area contributed by atoms with Gasteiger partial charge in [0.25, 0.3) is 5.92 Å². The van der Waals surface area contributed by atoms with Crippen LogP contribution in [0.2, 0.25) is 0 Å². The summed E-state index contributed by atoms with van der Waals surface area (Å²) in [7, 11) is 0. The highest BCUT2D eigenvalue weighted by Crippen LogP contribution is 2.28. The number of benzene rings is 2. The molecule has 2 aromatic carbocycles. The number of aromatic amines is 1. The number of nitrogens with one attached hydrogen (secondary N) is 2. The van der Waals surface area contributed by atoms with E-state index in [2.05, 4.69) is 10.3 Å². The molecule has 0 aliphatic rings. The lowest BCUT2D eigenvalue weighted by Crippen LogP contribution is -2.24. The van der Waals surface area contributed by atoms with E-state index in [9.17, 15) is 23.5 Å². The van der Waals surface area contributed by atoms with Gasteiger partial charge in [-0.25, -0.2) is 0 Å². The molecule has 1 heterocycles. The number of ether oxygens (including phenoxy) is 1. The molecule has 0 fully saturated rings. The van der Waals surface area contributed by atoms with Crippen molar-refractivity contribution < 1.29 is 23.4 Å². The molecule has 9 heteroatoms. The summed E-state index contributed by atoms with van der Waals surface area (Å²) in [5.74, 6) is -3.21. The number of phenols is 1. The largest absolute Gasteiger partial charge is 0.506 e. The SMILES string of the molecule is Cl.O=C(CNCCCCCCOCC(F)(F)c1ccccc1)c1ccc(O)c2[nH]c(=O)ccc12. The van der Waals surface area contributed by atoms with Gasteiger partial charge >= 0.3 is 0 Å². The molecule has 3 N–H and O–H groups in total. The number of Topliss-reactive ketones (excluding diaryl/α,β-unsaturated/α-hetero) is 1. The molecule has 0 radical (unpaired) electrons. The van der Waals surface area contributed by atoms with Crippen molar-refractivity contribution in [2.75, 3.05) is 26.3 Å². The second kappa shape index (κ2) is 13.2. The van der Waals surface area contributed by atoms with E-state index >= 15 is 0 Å². The van der Waals surface area contributed by atoms with Gasteiger partial charge in [0.2, 0.25) is 5.56 Å². The van der Waals surface area contributed by atoms with Crippen LogP contribution >= 0.6 is 12.4 Å². The molecular formula is C25H29ClF2N2O4. The first-order valence-corrected chi connectivity index (χ1v) is 11.0. The average Bonchev–Trinajstić information content (AvgIpc) is 2.81. The van der Waals surface area contributed by atoms with E-state index in [1.165, 1.54) is 30.3 Å². The Morgan fingerprint density at radius 2 is 1.74 bits per heavy atom. The first-order chi connectivity index (χ1) is 15.9. The lowest BCUT2D eigenvalue weighted by atomic mass is 10.0. The minimum Gasteiger partial charge on any atom is -0.506 e. The van der Waals surface area contributed by atoms with E-state index < -0.39 is 12.5 Å². The number of fused-ring (bicyclic) bond motifs is 1. The predicted molar refractivity (Wildman–Crippen MR) is 130 cm³/mol. The molecule has 0 atom stereocenters. The number of aromatic nitrogens is 1. The average molecular weight is 495 g/mol. The standard InChI is InChI=1S/C25H28F2N2O4.ClH/c26-25(27,18-8-4-3-5-9-18)17-33-15-7-2-1-6-14-28-16-22(31)19-10-12-21(30)24-20(19)11-13-23(32)29-24;/h3-5,8-13,28,30H,1-2,6-7,14-17H2,(H,29,32);1H. The molecule has 1 aromatic heterocycles. The van der Waals surface area contributed by atoms with Gasteiger partial charge in [0, 0.05) is 29.2 Å². The van der Waals surface area contributed by atoms with Crippen molar-refractivity contribution in [3.05, 3.63) is 76.1 Å². The first-order valence-electron chi connectivity index (χ1n) is 11.0. The van der Waals surface area contributed by atoms with Crippen LogP contribution in [0.5, 0.6) is 5.75 Å². The molecule has 34 heavy (non-hydrogen) atoms. The van der Waals surface area contributed by atoms with Crippen molar-refractivity contribution in [3.8, 4) is 5.75 Å². The zero-order chi connectivity index (χ0) is 23.7. The van der Waals surface area contributed by atoms with E-state index in [-0.39, 0.29) is 53.7 Å². The van der Waals surface area contributed by atoms with Crippen molar-refractivity contribution in [3.63, 3.8) is 0 Å². The van der Waals surface area contributed by atoms with Gasteiger partial charge in [-0.15, -0.1) is 12.4 Å². The summed E-state index contributed by atoms with van der Waals surface area (Å²) < 4.78 is 33.1. The minimum absolute atomic E-state index is 0. The number of aromatic hydroxyl groups is 1. The molecule has 0 spiro atoms. The van der Waals surface area contributed by atoms with Crippen LogP contribution in [0.15, 0.2) is 59.4 Å². The molecule has 0 unspecified atom stereocenters. The Morgan fingerprint density at radius 3 is 2.50 bits per heavy atom. The van der Waals surface area contributed by atoms with Gasteiger partial charge in [-0.2, -0.15) is 8.78 Å². The molecule has 0 saturated heterocycles. The quantitative estimate of drug-likeness (QED) is 0.234. The normalized spacial score (nSPS) is 11.4. The van der Waals surface area contributed by atoms with Gasteiger partial charge < -0.3 is 20.1 Å². The number of halogens is 3. The van der Waals surface area contributed by atoms with Gasteiger partial charge in [0.15, 0.2) is 5.78 Å². The van der Waals surface area contributed by atoms with Crippen LogP contribution in [0.1, 0.15) is 41.6 Å². The topological polar surface area (TPSA) is 91.4 Å². The van der Waals surface area contributed by atoms with E-state index in [0.717, 1.165) is 19.3 Å². The van der Waals surface area contributed by atoms with E-state index in [1.807, 2.05) is 0 Å². The van der Waals surface area contributed by atoms with Gasteiger partial charge in [-0.05, 0) is 37.6 Å². The molecule has 0 aliphatic heterocycles. The lowest BCUT2D eigenvalue weighted by molar-refractivity contribution is -0.0831. The Morgan fingerprint density at radius 1 is 1.00 bits per heavy atom. The summed E-state index contributed by atoms with van der Waals surface area (Å²) >= 11 is 0. The lowest BCUT2D eigenvalue weighted by Gasteiger charge is -2.16. The highest BCUT2D eigenvalue weighted by molar-refractivity contribution is 6.09. The molecular weight excluding hydrogens is 466 g/mol. The molecule has 0 aliphatic carbocycles. The molecule has 0 saturated carbocycles. The van der Waals surface area contributed by atoms with Crippen LogP contribution in [-0.4, -0.2) is 42.2 Å². The predicted octanol–water partition coefficient (Wildman–Crippen LogP) is 4.80. The Labute approximate surface area is 202 Å². The smallest absolute Gasteiger partial charge is 0.296 e. The third-order valence-corrected chi connectivity index (χ3v) is 5.33. The third kappa shape index (κ3) is 7.62. The van der Waals surface area contributed by atoms with Gasteiger partial charge in [0.05, 0.1) is 12.1 Å². The number of H-pyrrole nitrogens is 1. The minimum atomic E-state index is -2.99. The molecule has 6 nitrogen and oxygen atoms in total. The van der Waals surface area contributed by atoms with Crippen molar-refractivity contribution in [2.24, 2.45) is 0 Å². The molecule has 0 amide bonds. The fourth-order valence-corrected chi connectivity index (χ4v) is 3.55. The van der Waals surface area contributed by atoms with Crippen molar-refractivity contribution in [1.82, 2.24) is 10.3 Å². The second-order valence-corrected chi connectivity index (χ2v) is 7.88. The Kier molecular flexibility index (Phi) is 10.6. The maximum atomic E-state index is 14.0. The number of unbranched alkanes of at least 4 members (excludes halogenated alkanes) is 3. The van der Waals surface area contributed by atoms with E-state index in [4.69, 9.17) is 4.74 Å². The summed E-state index contributed by atoms with van der Waals surface area (Å²) in [4.78, 5) is 26.5. The van der Waals surface area contributed by atoms with E-state index in [1.54, 1.807) is 24.3 Å². The Hall–Kier alpha value is -2.81. The highest BCUT2D eigenvalue weighted by atomic mass is 35.5. The maximum Gasteiger partial charge on any atom is 0.296 e. The number of carbonyl (C=O) groups is 1. The zero-order valence-electron chi connectivity index (χ0n) is 18.7. The first kappa shape index (κ1) is 27.4. The van der Waals surface area contributed by atoms with Crippen LogP contribution in [0.25, 0.3) is 10.9 Å². The molecule has 3 rings (SSSR count). The summed E-state index contributed by atoms with van der Waals surface area (Å²) in [5, 5.41) is 13.5. The fourth-order valence-electron chi connectivity index (χ4n) is 3.55. The molecule has 3 aromatic rings. The Balaban J connectivity index is 0.00000408. The monoisotopic (exact) mass is 494 g/mol. The van der Waals surface area contributed by atoms with Crippen LogP contribution in [0, 0.1) is 0 Å². The summed E-state index contributed by atoms with van der Waals surface area (Å²) in [5.41, 5.74) is 0.281. The number of ketones is 1. The number of carbonyl (C=O) groups excluding carboxylic acids is 1. The number of alkyl halides is 2. The third-order valence-electron chi connectivity index (χ3n) is 5.33. The summed E-state index contributed by atoms with van der Waals surface area (Å²) in [6.07, 6.45) is 3.28. The number of hydrogen-bond donors (Lipinski definition) is 3. The van der Waals surface area contributed by atoms with Crippen LogP contribution in [0.3, 0.4) is 0 Å². The van der Waals surface area contributed by atoms with Gasteiger partial charge in [0.1, 0.15) is 12.4 Å². The van der Waals surface area contributed by atoms with Crippen LogP contribution in [0.4, 0.5) is 8.78 Å². The zero-order valence-corrected chi connectivity index (χ0v) is 19.5. The molecule has 184 valence electrons. The second-order valence-electron chi connectivity index (χ2n) is 7.88. The Bertz CT molecular complexity index is 1120. The molecule has 0 bridgehead atoms. The van der Waals surface area contributed by atoms with Gasteiger partial charge in [-0.1, -0.05) is 43.2 Å². The van der Waals surface area contributed by atoms with Crippen molar-refractivity contribution >= 4 is 29.1 Å². The number of rotatable bonds is 13. The van der Waals surface area contributed by atoms with Crippen LogP contribution < -0.4 is 10.9 Å². The van der Waals surface area contributed by atoms with Gasteiger partial charge in [-0.3, -0.25) is 9.59 Å². The number of pyridine rings is 1. The summed E-state index contributed by atoms with van der Waals surface area (Å²) in [6, 6.07) is 13.4. The number of phenolic OH excluding ortho intramolecular Hbond substituents is 1. The number of hydrogen-bond acceptors (Lipinski definition) is 5. The maximum absolute atomic E-state index is 14.0. The fraction of sp³-hybridized carbons (Fsp3) is 0.360. The van der Waals surface area contributed by atoms with E-state index in [0.29, 0.717) is 23.9 Å².